The van der Waals surface area contributed by atoms with E-state index in [1.807, 2.05) is 4.90 Å². The Morgan fingerprint density at radius 1 is 1.52 bits per heavy atom. The molecule has 1 aromatic heterocycles. The molecule has 1 saturated heterocycles. The van der Waals surface area contributed by atoms with Gasteiger partial charge in [0.15, 0.2) is 5.69 Å². The second-order valence-electron chi connectivity index (χ2n) is 4.92. The van der Waals surface area contributed by atoms with E-state index in [4.69, 9.17) is 14.9 Å². The zero-order valence-corrected chi connectivity index (χ0v) is 12.0. The van der Waals surface area contributed by atoms with Gasteiger partial charge in [-0.3, -0.25) is 9.69 Å². The number of nitrogens with zero attached hydrogens (tertiary/aromatic N) is 2. The Morgan fingerprint density at radius 2 is 2.24 bits per heavy atom. The number of piperidine rings is 1. The van der Waals surface area contributed by atoms with Crippen LogP contribution in [-0.4, -0.2) is 54.0 Å². The molecule has 1 fully saturated rings. The molecule has 1 amide bonds. The largest absolute Gasteiger partial charge is 0.461 e. The van der Waals surface area contributed by atoms with Crippen molar-refractivity contribution < 1.29 is 18.7 Å². The van der Waals surface area contributed by atoms with Gasteiger partial charge in [0.2, 0.25) is 5.91 Å². The normalized spacial score (nSPS) is 16.6. The minimum absolute atomic E-state index is 0.158. The van der Waals surface area contributed by atoms with Crippen LogP contribution < -0.4 is 11.1 Å². The first-order valence-electron chi connectivity index (χ1n) is 6.98. The van der Waals surface area contributed by atoms with E-state index in [0.717, 1.165) is 25.9 Å². The molecular formula is C13H20N4O4. The first-order valence-corrected chi connectivity index (χ1v) is 6.98. The van der Waals surface area contributed by atoms with Crippen molar-refractivity contribution in [3.05, 3.63) is 12.0 Å². The van der Waals surface area contributed by atoms with Crippen molar-refractivity contribution in [3.8, 4) is 0 Å². The van der Waals surface area contributed by atoms with Crippen LogP contribution in [0.3, 0.4) is 0 Å². The second kappa shape index (κ2) is 7.07. The van der Waals surface area contributed by atoms with Crippen LogP contribution in [-0.2, 0) is 9.53 Å². The van der Waals surface area contributed by atoms with Gasteiger partial charge in [0, 0.05) is 19.1 Å². The summed E-state index contributed by atoms with van der Waals surface area (Å²) >= 11 is 0. The van der Waals surface area contributed by atoms with Crippen LogP contribution in [0.15, 0.2) is 10.7 Å². The van der Waals surface area contributed by atoms with E-state index < -0.39 is 5.97 Å². The zero-order chi connectivity index (χ0) is 15.2. The average molecular weight is 296 g/mol. The van der Waals surface area contributed by atoms with Crippen LogP contribution in [0.5, 0.6) is 0 Å². The van der Waals surface area contributed by atoms with E-state index >= 15 is 0 Å². The third kappa shape index (κ3) is 4.45. The maximum Gasteiger partial charge on any atom is 0.360 e. The number of ether oxygens (including phenoxy) is 1. The maximum absolute atomic E-state index is 11.5. The minimum atomic E-state index is -0.495. The molecule has 8 heteroatoms. The number of anilines is 1. The quantitative estimate of drug-likeness (QED) is 0.722. The van der Waals surface area contributed by atoms with Crippen molar-refractivity contribution in [2.75, 3.05) is 31.6 Å². The topological polar surface area (TPSA) is 111 Å². The van der Waals surface area contributed by atoms with E-state index in [-0.39, 0.29) is 17.6 Å². The molecular weight excluding hydrogens is 276 g/mol. The lowest BCUT2D eigenvalue weighted by molar-refractivity contribution is -0.119. The standard InChI is InChI=1S/C13H20N4O4/c1-2-20-12(19)10-8-21-13(16-10)15-9-3-5-17(6-4-9)7-11(14)18/h8-9H,2-7H2,1H3,(H2,14,18)(H,15,16). The molecule has 3 N–H and O–H groups in total. The molecule has 0 aromatic carbocycles. The minimum Gasteiger partial charge on any atom is -0.461 e. The number of hydrogen-bond donors (Lipinski definition) is 2. The lowest BCUT2D eigenvalue weighted by atomic mass is 10.1. The fourth-order valence-electron chi connectivity index (χ4n) is 2.27. The number of primary amides is 1. The molecule has 8 nitrogen and oxygen atoms in total. The second-order valence-corrected chi connectivity index (χ2v) is 4.92. The van der Waals surface area contributed by atoms with Crippen LogP contribution in [0, 0.1) is 0 Å². The lowest BCUT2D eigenvalue weighted by Gasteiger charge is -2.30. The van der Waals surface area contributed by atoms with Crippen LogP contribution >= 0.6 is 0 Å². The van der Waals surface area contributed by atoms with Crippen molar-refractivity contribution in [3.63, 3.8) is 0 Å². The summed E-state index contributed by atoms with van der Waals surface area (Å²) in [7, 11) is 0. The number of nitrogens with one attached hydrogen (secondary N) is 1. The number of nitrogens with two attached hydrogens (primary N) is 1. The van der Waals surface area contributed by atoms with Crippen LogP contribution in [0.1, 0.15) is 30.3 Å². The predicted molar refractivity (Wildman–Crippen MR) is 74.7 cm³/mol. The van der Waals surface area contributed by atoms with Gasteiger partial charge in [-0.1, -0.05) is 0 Å². The van der Waals surface area contributed by atoms with Crippen LogP contribution in [0.2, 0.25) is 0 Å². The molecule has 1 aliphatic rings. The fourth-order valence-corrected chi connectivity index (χ4v) is 2.27. The van der Waals surface area contributed by atoms with Gasteiger partial charge in [-0.2, -0.15) is 4.98 Å². The summed E-state index contributed by atoms with van der Waals surface area (Å²) in [6.45, 7) is 3.89. The highest BCUT2D eigenvalue weighted by molar-refractivity contribution is 5.87. The molecule has 2 rings (SSSR count). The molecule has 21 heavy (non-hydrogen) atoms. The molecule has 0 atom stereocenters. The van der Waals surface area contributed by atoms with Gasteiger partial charge in [0.25, 0.3) is 6.01 Å². The van der Waals surface area contributed by atoms with Gasteiger partial charge in [-0.25, -0.2) is 4.79 Å². The molecule has 116 valence electrons. The summed E-state index contributed by atoms with van der Waals surface area (Å²) in [4.78, 5) is 28.4. The average Bonchev–Trinajstić information content (AvgIpc) is 2.89. The van der Waals surface area contributed by atoms with Gasteiger partial charge in [0.1, 0.15) is 6.26 Å². The molecule has 1 aromatic rings. The van der Waals surface area contributed by atoms with Crippen molar-refractivity contribution >= 4 is 17.9 Å². The lowest BCUT2D eigenvalue weighted by Crippen LogP contribution is -2.43. The fraction of sp³-hybridized carbons (Fsp3) is 0.615. The number of aromatic nitrogens is 1. The molecule has 0 spiro atoms. The number of likely N-dealkylation sites (tertiary alicyclic amines) is 1. The SMILES string of the molecule is CCOC(=O)c1coc(NC2CCN(CC(N)=O)CC2)n1. The van der Waals surface area contributed by atoms with Gasteiger partial charge in [-0.05, 0) is 19.8 Å². The summed E-state index contributed by atoms with van der Waals surface area (Å²) in [5, 5.41) is 3.14. The zero-order valence-electron chi connectivity index (χ0n) is 12.0. The molecule has 0 unspecified atom stereocenters. The highest BCUT2D eigenvalue weighted by Crippen LogP contribution is 2.16. The Bertz CT molecular complexity index is 494. The van der Waals surface area contributed by atoms with Gasteiger partial charge >= 0.3 is 5.97 Å². The summed E-state index contributed by atoms with van der Waals surface area (Å²) in [5.74, 6) is -0.807. The number of oxazole rings is 1. The Kier molecular flexibility index (Phi) is 5.15. The third-order valence-electron chi connectivity index (χ3n) is 3.28. The van der Waals surface area contributed by atoms with Gasteiger partial charge < -0.3 is 20.2 Å². The number of carbonyl (C=O) groups is 2. The van der Waals surface area contributed by atoms with Crippen LogP contribution in [0.4, 0.5) is 6.01 Å². The third-order valence-corrected chi connectivity index (χ3v) is 3.28. The molecule has 0 radical (unpaired) electrons. The van der Waals surface area contributed by atoms with Crippen molar-refractivity contribution in [1.82, 2.24) is 9.88 Å². The number of rotatable bonds is 6. The smallest absolute Gasteiger partial charge is 0.360 e. The Balaban J connectivity index is 1.81. The summed E-state index contributed by atoms with van der Waals surface area (Å²) in [5.41, 5.74) is 5.33. The monoisotopic (exact) mass is 296 g/mol. The first-order chi connectivity index (χ1) is 10.1. The summed E-state index contributed by atoms with van der Waals surface area (Å²) in [6.07, 6.45) is 2.98. The van der Waals surface area contributed by atoms with Gasteiger partial charge in [-0.15, -0.1) is 0 Å². The van der Waals surface area contributed by atoms with Crippen molar-refractivity contribution in [1.29, 1.82) is 0 Å². The number of carbonyl (C=O) groups excluding carboxylic acids is 2. The maximum atomic E-state index is 11.5. The van der Waals surface area contributed by atoms with Crippen molar-refractivity contribution in [2.45, 2.75) is 25.8 Å². The Morgan fingerprint density at radius 3 is 2.86 bits per heavy atom. The molecule has 0 bridgehead atoms. The Labute approximate surface area is 122 Å². The van der Waals surface area contributed by atoms with E-state index in [9.17, 15) is 9.59 Å². The number of hydrogen-bond acceptors (Lipinski definition) is 7. The molecule has 0 saturated carbocycles. The van der Waals surface area contributed by atoms with E-state index in [0.29, 0.717) is 19.2 Å². The van der Waals surface area contributed by atoms with E-state index in [2.05, 4.69) is 10.3 Å². The van der Waals surface area contributed by atoms with E-state index in [1.54, 1.807) is 6.92 Å². The number of esters is 1. The van der Waals surface area contributed by atoms with Gasteiger partial charge in [0.05, 0.1) is 13.2 Å². The molecule has 1 aliphatic heterocycles. The highest BCUT2D eigenvalue weighted by Gasteiger charge is 2.22. The number of amides is 1. The highest BCUT2D eigenvalue weighted by atomic mass is 16.5. The molecule has 0 aliphatic carbocycles. The summed E-state index contributed by atoms with van der Waals surface area (Å²) in [6, 6.07) is 0.509. The van der Waals surface area contributed by atoms with Crippen LogP contribution in [0.25, 0.3) is 0 Å². The summed E-state index contributed by atoms with van der Waals surface area (Å²) < 4.78 is 10.1. The first kappa shape index (κ1) is 15.3. The predicted octanol–water partition coefficient (Wildman–Crippen LogP) is 0.213. The Hall–Kier alpha value is -2.09. The molecule has 2 heterocycles. The van der Waals surface area contributed by atoms with Crippen molar-refractivity contribution in [2.24, 2.45) is 5.73 Å². The van der Waals surface area contributed by atoms with E-state index in [1.165, 1.54) is 6.26 Å².